The topological polar surface area (TPSA) is 72.6 Å². The van der Waals surface area contributed by atoms with Crippen LogP contribution < -0.4 is 0 Å². The van der Waals surface area contributed by atoms with Gasteiger partial charge < -0.3 is 0 Å². The molecule has 0 aromatic heterocycles. The summed E-state index contributed by atoms with van der Waals surface area (Å²) in [6, 6.07) is 2.76. The summed E-state index contributed by atoms with van der Waals surface area (Å²) in [4.78, 5) is 23.2. The summed E-state index contributed by atoms with van der Waals surface area (Å²) in [5.41, 5.74) is 0.512. The molecule has 0 aliphatic carbocycles. The number of aryl methyl sites for hydroxylation is 1. The second-order valence-electron chi connectivity index (χ2n) is 2.55. The SMILES string of the molecule is Cc1cc([N+](=O)[O-])c(N=C=O)cc1Br. The molecular weight excluding hydrogens is 252 g/mol. The summed E-state index contributed by atoms with van der Waals surface area (Å²) in [5.74, 6) is 0. The van der Waals surface area contributed by atoms with Gasteiger partial charge in [0.25, 0.3) is 5.69 Å². The third kappa shape index (κ3) is 2.04. The molecule has 1 aromatic rings. The van der Waals surface area contributed by atoms with E-state index in [9.17, 15) is 14.9 Å². The highest BCUT2D eigenvalue weighted by Gasteiger charge is 2.15. The Labute approximate surface area is 87.7 Å². The molecule has 0 aliphatic rings. The van der Waals surface area contributed by atoms with E-state index < -0.39 is 4.92 Å². The number of nitro benzene ring substituents is 1. The van der Waals surface area contributed by atoms with Crippen LogP contribution in [0.1, 0.15) is 5.56 Å². The minimum absolute atomic E-state index is 0.00229. The Kier molecular flexibility index (Phi) is 3.11. The van der Waals surface area contributed by atoms with Gasteiger partial charge in [-0.1, -0.05) is 15.9 Å². The van der Waals surface area contributed by atoms with Gasteiger partial charge in [0, 0.05) is 10.5 Å². The van der Waals surface area contributed by atoms with E-state index in [0.717, 1.165) is 0 Å². The molecule has 0 aliphatic heterocycles. The lowest BCUT2D eigenvalue weighted by atomic mass is 10.2. The van der Waals surface area contributed by atoms with E-state index in [0.29, 0.717) is 10.0 Å². The first-order valence-electron chi connectivity index (χ1n) is 3.58. The fraction of sp³-hybridized carbons (Fsp3) is 0.125. The van der Waals surface area contributed by atoms with Gasteiger partial charge in [0.2, 0.25) is 6.08 Å². The third-order valence-corrected chi connectivity index (χ3v) is 2.47. The zero-order valence-corrected chi connectivity index (χ0v) is 8.74. The first kappa shape index (κ1) is 10.6. The Morgan fingerprint density at radius 3 is 2.71 bits per heavy atom. The van der Waals surface area contributed by atoms with Crippen LogP contribution in [-0.4, -0.2) is 11.0 Å². The standard InChI is InChI=1S/C8H5BrN2O3/c1-5-2-8(11(13)14)7(10-4-12)3-6(5)9/h2-3H,1H3. The number of hydrogen-bond donors (Lipinski definition) is 0. The van der Waals surface area contributed by atoms with Crippen LogP contribution in [0.3, 0.4) is 0 Å². The molecule has 0 atom stereocenters. The fourth-order valence-electron chi connectivity index (χ4n) is 0.941. The molecule has 0 bridgehead atoms. The van der Waals surface area contributed by atoms with Gasteiger partial charge in [-0.2, -0.15) is 4.99 Å². The van der Waals surface area contributed by atoms with Crippen LogP contribution in [-0.2, 0) is 4.79 Å². The van der Waals surface area contributed by atoms with Gasteiger partial charge in [0.15, 0.2) is 5.69 Å². The molecule has 1 aromatic carbocycles. The highest BCUT2D eigenvalue weighted by atomic mass is 79.9. The third-order valence-electron chi connectivity index (χ3n) is 1.62. The van der Waals surface area contributed by atoms with Gasteiger partial charge in [-0.15, -0.1) is 0 Å². The molecule has 0 heterocycles. The average molecular weight is 257 g/mol. The first-order chi connectivity index (χ1) is 6.56. The molecule has 14 heavy (non-hydrogen) atoms. The Balaban J connectivity index is 3.45. The maximum atomic E-state index is 10.6. The first-order valence-corrected chi connectivity index (χ1v) is 4.38. The summed E-state index contributed by atoms with van der Waals surface area (Å²) < 4.78 is 0.664. The number of hydrogen-bond acceptors (Lipinski definition) is 4. The van der Waals surface area contributed by atoms with Crippen LogP contribution in [0.15, 0.2) is 21.6 Å². The van der Waals surface area contributed by atoms with Crippen LogP contribution in [0.2, 0.25) is 0 Å². The molecule has 72 valence electrons. The second kappa shape index (κ2) is 4.13. The summed E-state index contributed by atoms with van der Waals surface area (Å²) in [7, 11) is 0. The van der Waals surface area contributed by atoms with Gasteiger partial charge in [-0.25, -0.2) is 4.79 Å². The van der Waals surface area contributed by atoms with Crippen molar-refractivity contribution < 1.29 is 9.72 Å². The van der Waals surface area contributed by atoms with E-state index in [-0.39, 0.29) is 11.4 Å². The number of nitro groups is 1. The molecule has 0 saturated heterocycles. The van der Waals surface area contributed by atoms with E-state index in [4.69, 9.17) is 0 Å². The number of isocyanates is 1. The molecule has 0 N–H and O–H groups in total. The van der Waals surface area contributed by atoms with E-state index in [1.165, 1.54) is 18.2 Å². The zero-order valence-electron chi connectivity index (χ0n) is 7.15. The van der Waals surface area contributed by atoms with Gasteiger partial charge in [-0.05, 0) is 18.6 Å². The number of nitrogens with zero attached hydrogens (tertiary/aromatic N) is 2. The quantitative estimate of drug-likeness (QED) is 0.354. The van der Waals surface area contributed by atoms with Crippen LogP contribution >= 0.6 is 15.9 Å². The van der Waals surface area contributed by atoms with Gasteiger partial charge in [0.05, 0.1) is 4.92 Å². The van der Waals surface area contributed by atoms with Crippen molar-refractivity contribution in [1.29, 1.82) is 0 Å². The molecule has 5 nitrogen and oxygen atoms in total. The highest BCUT2D eigenvalue weighted by Crippen LogP contribution is 2.32. The number of halogens is 1. The van der Waals surface area contributed by atoms with Crippen LogP contribution in [0.5, 0.6) is 0 Å². The van der Waals surface area contributed by atoms with E-state index in [1.54, 1.807) is 6.92 Å². The monoisotopic (exact) mass is 256 g/mol. The number of benzene rings is 1. The van der Waals surface area contributed by atoms with Gasteiger partial charge >= 0.3 is 0 Å². The number of aliphatic imine (C=N–C) groups is 1. The van der Waals surface area contributed by atoms with Gasteiger partial charge in [0.1, 0.15) is 0 Å². The predicted octanol–water partition coefficient (Wildman–Crippen LogP) is 2.63. The second-order valence-corrected chi connectivity index (χ2v) is 3.40. The van der Waals surface area contributed by atoms with Crippen LogP contribution in [0, 0.1) is 17.0 Å². The fourth-order valence-corrected chi connectivity index (χ4v) is 1.27. The summed E-state index contributed by atoms with van der Waals surface area (Å²) >= 11 is 3.19. The van der Waals surface area contributed by atoms with Crippen LogP contribution in [0.25, 0.3) is 0 Å². The van der Waals surface area contributed by atoms with Crippen molar-refractivity contribution in [2.24, 2.45) is 4.99 Å². The Bertz CT molecular complexity index is 411. The normalized spacial score (nSPS) is 9.29. The smallest absolute Gasteiger partial charge is 0.258 e. The maximum absolute atomic E-state index is 10.6. The summed E-state index contributed by atoms with van der Waals surface area (Å²) in [5, 5.41) is 10.6. The summed E-state index contributed by atoms with van der Waals surface area (Å²) in [6.07, 6.45) is 1.28. The molecular formula is C8H5BrN2O3. The largest absolute Gasteiger partial charge is 0.296 e. The van der Waals surface area contributed by atoms with Gasteiger partial charge in [-0.3, -0.25) is 10.1 Å². The van der Waals surface area contributed by atoms with E-state index >= 15 is 0 Å². The molecule has 0 saturated carbocycles. The predicted molar refractivity (Wildman–Crippen MR) is 53.3 cm³/mol. The molecule has 1 rings (SSSR count). The zero-order chi connectivity index (χ0) is 10.7. The van der Waals surface area contributed by atoms with Crippen molar-refractivity contribution in [3.05, 3.63) is 32.3 Å². The van der Waals surface area contributed by atoms with Crippen molar-refractivity contribution in [3.63, 3.8) is 0 Å². The lowest BCUT2D eigenvalue weighted by molar-refractivity contribution is -0.384. The number of rotatable bonds is 2. The van der Waals surface area contributed by atoms with Crippen molar-refractivity contribution in [1.82, 2.24) is 0 Å². The van der Waals surface area contributed by atoms with Crippen molar-refractivity contribution >= 4 is 33.4 Å². The lowest BCUT2D eigenvalue weighted by Crippen LogP contribution is -1.90. The van der Waals surface area contributed by atoms with Crippen molar-refractivity contribution in [2.45, 2.75) is 6.92 Å². The Morgan fingerprint density at radius 2 is 2.21 bits per heavy atom. The average Bonchev–Trinajstić information content (AvgIpc) is 2.11. The Morgan fingerprint density at radius 1 is 1.57 bits per heavy atom. The van der Waals surface area contributed by atoms with Crippen molar-refractivity contribution in [2.75, 3.05) is 0 Å². The molecule has 0 fully saturated rings. The van der Waals surface area contributed by atoms with E-state index in [2.05, 4.69) is 20.9 Å². The minimum atomic E-state index is -0.588. The molecule has 6 heteroatoms. The Hall–Kier alpha value is -1.52. The molecule has 0 spiro atoms. The molecule has 0 radical (unpaired) electrons. The van der Waals surface area contributed by atoms with E-state index in [1.807, 2.05) is 0 Å². The number of carbonyl (C=O) groups excluding carboxylic acids is 1. The summed E-state index contributed by atoms with van der Waals surface area (Å²) in [6.45, 7) is 1.71. The van der Waals surface area contributed by atoms with Crippen molar-refractivity contribution in [3.8, 4) is 0 Å². The molecule has 0 unspecified atom stereocenters. The lowest BCUT2D eigenvalue weighted by Gasteiger charge is -1.99. The maximum Gasteiger partial charge on any atom is 0.296 e. The molecule has 0 amide bonds. The minimum Gasteiger partial charge on any atom is -0.258 e. The highest BCUT2D eigenvalue weighted by molar-refractivity contribution is 9.10. The van der Waals surface area contributed by atoms with Crippen LogP contribution in [0.4, 0.5) is 11.4 Å².